The molecule has 1 N–H and O–H groups in total. The molecule has 3 aliphatic carbocycles. The van der Waals surface area contributed by atoms with Crippen molar-refractivity contribution in [1.82, 2.24) is 0 Å². The van der Waals surface area contributed by atoms with Crippen molar-refractivity contribution in [2.75, 3.05) is 13.1 Å². The second kappa shape index (κ2) is 19.3. The summed E-state index contributed by atoms with van der Waals surface area (Å²) >= 11 is 0. The van der Waals surface area contributed by atoms with Gasteiger partial charge in [0.2, 0.25) is 19.3 Å². The van der Waals surface area contributed by atoms with Gasteiger partial charge in [0, 0.05) is 24.1 Å². The molecule has 0 bridgehead atoms. The van der Waals surface area contributed by atoms with Crippen LogP contribution in [-0.4, -0.2) is 51.1 Å². The van der Waals surface area contributed by atoms with E-state index in [-0.39, 0.29) is 33.8 Å². The molecule has 0 spiro atoms. The molecule has 0 aromatic heterocycles. The van der Waals surface area contributed by atoms with Crippen LogP contribution in [0, 0.1) is 60.9 Å². The van der Waals surface area contributed by atoms with Crippen LogP contribution in [0.2, 0.25) is 0 Å². The maximum atomic E-state index is 10.6. The van der Waals surface area contributed by atoms with E-state index >= 15 is 0 Å². The van der Waals surface area contributed by atoms with Gasteiger partial charge < -0.3 is 9.84 Å². The third-order valence-corrected chi connectivity index (χ3v) is 5.98. The molecule has 202 valence electrons. The summed E-state index contributed by atoms with van der Waals surface area (Å²) in [5.41, 5.74) is 0. The zero-order valence-electron chi connectivity index (χ0n) is 19.5. The molecular formula is C23H41N3O9. The normalized spacial score (nSPS) is 18.4. The zero-order chi connectivity index (χ0) is 26.1. The van der Waals surface area contributed by atoms with Crippen molar-refractivity contribution in [3.05, 3.63) is 42.6 Å². The van der Waals surface area contributed by atoms with Crippen molar-refractivity contribution >= 4 is 5.97 Å². The molecule has 35 heavy (non-hydrogen) atoms. The van der Waals surface area contributed by atoms with E-state index in [9.17, 15) is 35.1 Å². The van der Waals surface area contributed by atoms with Crippen LogP contribution in [0.3, 0.4) is 0 Å². The summed E-state index contributed by atoms with van der Waals surface area (Å²) in [6.45, 7) is 0.737. The van der Waals surface area contributed by atoms with Crippen molar-refractivity contribution < 1.29 is 30.8 Å². The maximum Gasteiger partial charge on any atom is 0.303 e. The highest BCUT2D eigenvalue weighted by atomic mass is 16.6. The Balaban J connectivity index is -0.000000433. The second-order valence-corrected chi connectivity index (χ2v) is 8.45. The number of terminal acetylenes is 1. The molecule has 0 aliphatic heterocycles. The van der Waals surface area contributed by atoms with Gasteiger partial charge in [-0.15, -0.1) is 12.8 Å². The van der Waals surface area contributed by atoms with Gasteiger partial charge in [-0.05, 0) is 56.4 Å². The fourth-order valence-electron chi connectivity index (χ4n) is 3.40. The predicted molar refractivity (Wildman–Crippen MR) is 132 cm³/mol. The SMILES string of the molecule is C.C#C.CC(=O)OC(C[N+](=O)[O-])C1CCC1.O=[N+]([O-])/C=C/C1CCC1.O=[N+]([O-])CC(O)C1CCC1.[2HH]. The first-order valence-corrected chi connectivity index (χ1v) is 11.3. The van der Waals surface area contributed by atoms with Gasteiger partial charge in [0.15, 0.2) is 6.10 Å². The molecule has 0 aromatic carbocycles. The minimum Gasteiger partial charge on any atom is -0.455 e. The van der Waals surface area contributed by atoms with Crippen molar-refractivity contribution in [3.63, 3.8) is 0 Å². The van der Waals surface area contributed by atoms with Crippen LogP contribution in [-0.2, 0) is 9.53 Å². The van der Waals surface area contributed by atoms with Gasteiger partial charge in [-0.25, -0.2) is 0 Å². The van der Waals surface area contributed by atoms with Gasteiger partial charge in [0.05, 0.1) is 4.92 Å². The van der Waals surface area contributed by atoms with Crippen LogP contribution in [0.25, 0.3) is 0 Å². The van der Waals surface area contributed by atoms with Crippen LogP contribution in [0.5, 0.6) is 0 Å². The number of hydrogen-bond donors (Lipinski definition) is 1. The molecule has 2 unspecified atom stereocenters. The monoisotopic (exact) mass is 504 g/mol. The molecule has 0 aromatic rings. The van der Waals surface area contributed by atoms with Crippen molar-refractivity contribution in [3.8, 4) is 12.8 Å². The van der Waals surface area contributed by atoms with E-state index in [0.717, 1.165) is 57.6 Å². The van der Waals surface area contributed by atoms with Crippen LogP contribution >= 0.6 is 0 Å². The largest absolute Gasteiger partial charge is 0.455 e. The Hall–Kier alpha value is -3.07. The molecule has 0 heterocycles. The molecular weight excluding hydrogens is 462 g/mol. The Bertz CT molecular complexity index is 690. The molecule has 12 nitrogen and oxygen atoms in total. The lowest BCUT2D eigenvalue weighted by atomic mass is 9.81. The lowest BCUT2D eigenvalue weighted by Crippen LogP contribution is -2.36. The van der Waals surface area contributed by atoms with Gasteiger partial charge in [-0.2, -0.15) is 0 Å². The highest BCUT2D eigenvalue weighted by molar-refractivity contribution is 5.66. The average molecular weight is 505 g/mol. The third kappa shape index (κ3) is 16.2. The van der Waals surface area contributed by atoms with Crippen LogP contribution in [0.4, 0.5) is 0 Å². The first kappa shape index (κ1) is 34.1. The summed E-state index contributed by atoms with van der Waals surface area (Å²) in [5.74, 6) is 0.467. The molecule has 3 aliphatic rings. The van der Waals surface area contributed by atoms with Gasteiger partial charge in [-0.1, -0.05) is 26.7 Å². The van der Waals surface area contributed by atoms with Crippen LogP contribution in [0.1, 0.15) is 73.6 Å². The maximum absolute atomic E-state index is 10.6. The summed E-state index contributed by atoms with van der Waals surface area (Å²) < 4.78 is 4.88. The van der Waals surface area contributed by atoms with E-state index in [0.29, 0.717) is 5.92 Å². The minimum atomic E-state index is -0.705. The zero-order valence-corrected chi connectivity index (χ0v) is 19.5. The van der Waals surface area contributed by atoms with E-state index < -0.39 is 32.9 Å². The molecule has 3 rings (SSSR count). The summed E-state index contributed by atoms with van der Waals surface area (Å²) in [4.78, 5) is 39.3. The predicted octanol–water partition coefficient (Wildman–Crippen LogP) is 4.13. The first-order chi connectivity index (χ1) is 16.1. The van der Waals surface area contributed by atoms with Crippen LogP contribution < -0.4 is 0 Å². The van der Waals surface area contributed by atoms with Gasteiger partial charge >= 0.3 is 5.97 Å². The van der Waals surface area contributed by atoms with E-state index in [2.05, 4.69) is 12.8 Å². The number of allylic oxidation sites excluding steroid dienone is 1. The third-order valence-electron chi connectivity index (χ3n) is 5.98. The number of carbonyl (C=O) groups is 1. The van der Waals surface area contributed by atoms with Gasteiger partial charge in [0.1, 0.15) is 6.10 Å². The fraction of sp³-hybridized carbons (Fsp3) is 0.783. The first-order valence-electron chi connectivity index (χ1n) is 11.3. The number of esters is 1. The smallest absolute Gasteiger partial charge is 0.303 e. The lowest BCUT2D eigenvalue weighted by molar-refractivity contribution is -0.493. The molecule has 3 saturated carbocycles. The Morgan fingerprint density at radius 3 is 1.71 bits per heavy atom. The van der Waals surface area contributed by atoms with E-state index in [1.807, 2.05) is 0 Å². The standard InChI is InChI=1S/C8H13NO4.C6H11NO3.C6H9NO2.C2H2.CH4.H2/c1-6(10)13-8(5-9(11)12)7-3-2-4-7;8-6(4-7(9)10)5-2-1-3-5;8-7(9)5-4-6-2-1-3-6;1-2;;/h7-8H,2-5H2,1H3;5-6,8H,1-4H2;4-6H,1-3H2;1-2H;1H4;1H/b;;5-4+;;;/i;;;;;1+1. The Morgan fingerprint density at radius 1 is 0.971 bits per heavy atom. The quantitative estimate of drug-likeness (QED) is 0.209. The number of aliphatic hydroxyl groups is 1. The lowest BCUT2D eigenvalue weighted by Gasteiger charge is -2.30. The minimum absolute atomic E-state index is 0. The van der Waals surface area contributed by atoms with Gasteiger partial charge in [0.25, 0.3) is 0 Å². The summed E-state index contributed by atoms with van der Waals surface area (Å²) in [6, 6.07) is 0. The molecule has 0 amide bonds. The molecule has 0 radical (unpaired) electrons. The summed E-state index contributed by atoms with van der Waals surface area (Å²) in [6.07, 6.45) is 19.0. The molecule has 3 fully saturated rings. The van der Waals surface area contributed by atoms with E-state index in [1.165, 1.54) is 13.3 Å². The van der Waals surface area contributed by atoms with Gasteiger partial charge in [-0.3, -0.25) is 35.1 Å². The summed E-state index contributed by atoms with van der Waals surface area (Å²) in [7, 11) is 0. The Kier molecular flexibility index (Phi) is 18.8. The summed E-state index contributed by atoms with van der Waals surface area (Å²) in [5, 5.41) is 39.0. The number of aliphatic hydroxyl groups excluding tert-OH is 1. The topological polar surface area (TPSA) is 176 Å². The Labute approximate surface area is 208 Å². The number of hydrogen-bond acceptors (Lipinski definition) is 9. The molecule has 2 atom stereocenters. The number of nitrogens with zero attached hydrogens (tertiary/aromatic N) is 3. The number of ether oxygens (including phenoxy) is 1. The second-order valence-electron chi connectivity index (χ2n) is 8.45. The number of carbonyl (C=O) groups excluding carboxylic acids is 1. The molecule has 0 saturated heterocycles. The van der Waals surface area contributed by atoms with E-state index in [1.54, 1.807) is 6.08 Å². The van der Waals surface area contributed by atoms with E-state index in [4.69, 9.17) is 9.84 Å². The highest BCUT2D eigenvalue weighted by Gasteiger charge is 2.33. The van der Waals surface area contributed by atoms with Crippen molar-refractivity contribution in [2.45, 2.75) is 84.3 Å². The van der Waals surface area contributed by atoms with Crippen molar-refractivity contribution in [2.24, 2.45) is 17.8 Å². The average Bonchev–Trinajstić information content (AvgIpc) is 2.58. The Morgan fingerprint density at radius 2 is 1.43 bits per heavy atom. The van der Waals surface area contributed by atoms with Crippen molar-refractivity contribution in [1.29, 1.82) is 0 Å². The number of rotatable bonds is 9. The fourth-order valence-corrected chi connectivity index (χ4v) is 3.40. The molecule has 12 heteroatoms. The number of nitro groups is 3. The van der Waals surface area contributed by atoms with Crippen LogP contribution in [0.15, 0.2) is 12.3 Å². The highest BCUT2D eigenvalue weighted by Crippen LogP contribution is 2.31.